The van der Waals surface area contributed by atoms with Gasteiger partial charge in [-0.2, -0.15) is 0 Å². The molecule has 1 saturated carbocycles. The zero-order valence-corrected chi connectivity index (χ0v) is 8.87. The molecule has 0 aliphatic heterocycles. The van der Waals surface area contributed by atoms with Crippen molar-refractivity contribution in [2.45, 2.75) is 38.1 Å². The van der Waals surface area contributed by atoms with E-state index >= 15 is 0 Å². The van der Waals surface area contributed by atoms with Gasteiger partial charge in [0.15, 0.2) is 0 Å². The zero-order chi connectivity index (χ0) is 10.0. The summed E-state index contributed by atoms with van der Waals surface area (Å²) in [6.45, 7) is 2.31. The quantitative estimate of drug-likeness (QED) is 0.722. The van der Waals surface area contributed by atoms with Gasteiger partial charge in [-0.1, -0.05) is 50.1 Å². The van der Waals surface area contributed by atoms with E-state index in [0.29, 0.717) is 0 Å². The summed E-state index contributed by atoms with van der Waals surface area (Å²) in [5.41, 5.74) is 7.73. The van der Waals surface area contributed by atoms with Gasteiger partial charge in [0.1, 0.15) is 0 Å². The summed E-state index contributed by atoms with van der Waals surface area (Å²) in [5.74, 6) is 0.772. The van der Waals surface area contributed by atoms with Crippen LogP contribution in [0.5, 0.6) is 0 Å². The summed E-state index contributed by atoms with van der Waals surface area (Å²) in [6.07, 6.45) is 4.89. The van der Waals surface area contributed by atoms with Crippen LogP contribution >= 0.6 is 0 Å². The molecule has 1 aliphatic carbocycles. The first-order valence-electron chi connectivity index (χ1n) is 5.55. The van der Waals surface area contributed by atoms with E-state index in [1.54, 1.807) is 0 Å². The highest BCUT2D eigenvalue weighted by Crippen LogP contribution is 2.37. The number of nitrogens with two attached hydrogens (primary N) is 1. The Balaban J connectivity index is 2.23. The lowest BCUT2D eigenvalue weighted by molar-refractivity contribution is 0.239. The predicted octanol–water partition coefficient (Wildman–Crippen LogP) is 3.05. The van der Waals surface area contributed by atoms with Crippen molar-refractivity contribution in [2.24, 2.45) is 11.7 Å². The fraction of sp³-hybridized carbons (Fsp3) is 0.538. The Labute approximate surface area is 86.3 Å². The smallest absolute Gasteiger partial charge is 0.0412 e. The topological polar surface area (TPSA) is 26.0 Å². The maximum Gasteiger partial charge on any atom is 0.0412 e. The molecule has 1 nitrogen and oxygen atoms in total. The van der Waals surface area contributed by atoms with E-state index in [4.69, 9.17) is 5.73 Å². The highest BCUT2D eigenvalue weighted by Gasteiger charge is 2.32. The number of benzene rings is 1. The highest BCUT2D eigenvalue weighted by atomic mass is 14.7. The van der Waals surface area contributed by atoms with Gasteiger partial charge in [-0.15, -0.1) is 0 Å². The summed E-state index contributed by atoms with van der Waals surface area (Å²) in [5, 5.41) is 0. The minimum Gasteiger partial charge on any atom is -0.321 e. The Bertz CT molecular complexity index is 293. The van der Waals surface area contributed by atoms with Gasteiger partial charge in [0.05, 0.1) is 0 Å². The maximum absolute atomic E-state index is 6.47. The average molecular weight is 189 g/mol. The first-order valence-corrected chi connectivity index (χ1v) is 5.55. The number of rotatable bonds is 1. The molecule has 1 heteroatoms. The lowest BCUT2D eigenvalue weighted by atomic mass is 9.73. The van der Waals surface area contributed by atoms with Gasteiger partial charge in [-0.25, -0.2) is 0 Å². The van der Waals surface area contributed by atoms with Crippen LogP contribution in [0, 0.1) is 5.92 Å². The largest absolute Gasteiger partial charge is 0.321 e. The van der Waals surface area contributed by atoms with E-state index in [-0.39, 0.29) is 5.54 Å². The van der Waals surface area contributed by atoms with Crippen molar-refractivity contribution in [2.75, 3.05) is 0 Å². The van der Waals surface area contributed by atoms with Gasteiger partial charge in [0.2, 0.25) is 0 Å². The van der Waals surface area contributed by atoms with Gasteiger partial charge in [-0.3, -0.25) is 0 Å². The fourth-order valence-electron chi connectivity index (χ4n) is 2.62. The molecule has 1 aromatic rings. The number of hydrogen-bond donors (Lipinski definition) is 1. The minimum atomic E-state index is -0.0566. The molecule has 2 N–H and O–H groups in total. The Kier molecular flexibility index (Phi) is 2.60. The van der Waals surface area contributed by atoms with Crippen molar-refractivity contribution in [3.63, 3.8) is 0 Å². The molecular formula is C13H19N. The molecule has 1 aromatic carbocycles. The van der Waals surface area contributed by atoms with Gasteiger partial charge < -0.3 is 5.73 Å². The first kappa shape index (κ1) is 9.72. The summed E-state index contributed by atoms with van der Waals surface area (Å²) < 4.78 is 0. The first-order chi connectivity index (χ1) is 6.71. The van der Waals surface area contributed by atoms with Gasteiger partial charge in [-0.05, 0) is 24.3 Å². The highest BCUT2D eigenvalue weighted by molar-refractivity contribution is 5.24. The second kappa shape index (κ2) is 3.74. The molecule has 0 saturated heterocycles. The van der Waals surface area contributed by atoms with E-state index in [9.17, 15) is 0 Å². The standard InChI is InChI=1S/C13H19N/c1-11-6-5-9-13(14,10-11)12-7-3-2-4-8-12/h2-4,7-8,11H,5-6,9-10,14H2,1H3/t11-,13+/m1/s1. The van der Waals surface area contributed by atoms with Crippen molar-refractivity contribution in [1.82, 2.24) is 0 Å². The number of hydrogen-bond acceptors (Lipinski definition) is 1. The van der Waals surface area contributed by atoms with Gasteiger partial charge in [0.25, 0.3) is 0 Å². The lowest BCUT2D eigenvalue weighted by Gasteiger charge is -2.37. The average Bonchev–Trinajstić information content (AvgIpc) is 2.19. The summed E-state index contributed by atoms with van der Waals surface area (Å²) >= 11 is 0. The summed E-state index contributed by atoms with van der Waals surface area (Å²) in [4.78, 5) is 0. The molecular weight excluding hydrogens is 170 g/mol. The van der Waals surface area contributed by atoms with Crippen LogP contribution in [0.1, 0.15) is 38.2 Å². The molecule has 0 aromatic heterocycles. The molecule has 0 bridgehead atoms. The minimum absolute atomic E-state index is 0.0566. The third kappa shape index (κ3) is 1.83. The molecule has 0 unspecified atom stereocenters. The molecule has 0 amide bonds. The Morgan fingerprint density at radius 1 is 1.29 bits per heavy atom. The Morgan fingerprint density at radius 3 is 2.64 bits per heavy atom. The summed E-state index contributed by atoms with van der Waals surface area (Å²) in [7, 11) is 0. The SMILES string of the molecule is C[C@@H]1CCC[C@@](N)(c2ccccc2)C1. The molecule has 1 fully saturated rings. The maximum atomic E-state index is 6.47. The van der Waals surface area contributed by atoms with Crippen molar-refractivity contribution in [1.29, 1.82) is 0 Å². The monoisotopic (exact) mass is 189 g/mol. The fourth-order valence-corrected chi connectivity index (χ4v) is 2.62. The molecule has 0 spiro atoms. The molecule has 14 heavy (non-hydrogen) atoms. The van der Waals surface area contributed by atoms with Crippen molar-refractivity contribution >= 4 is 0 Å². The van der Waals surface area contributed by atoms with Crippen LogP contribution in [0.2, 0.25) is 0 Å². The normalized spacial score (nSPS) is 32.9. The van der Waals surface area contributed by atoms with E-state index in [2.05, 4.69) is 37.3 Å². The third-order valence-electron chi connectivity index (χ3n) is 3.38. The van der Waals surface area contributed by atoms with Gasteiger partial charge in [0, 0.05) is 5.54 Å². The van der Waals surface area contributed by atoms with Crippen LogP contribution in [0.4, 0.5) is 0 Å². The van der Waals surface area contributed by atoms with Crippen LogP contribution in [-0.2, 0) is 5.54 Å². The zero-order valence-electron chi connectivity index (χ0n) is 8.87. The van der Waals surface area contributed by atoms with Crippen LogP contribution < -0.4 is 5.73 Å². The molecule has 76 valence electrons. The van der Waals surface area contributed by atoms with Crippen LogP contribution in [0.15, 0.2) is 30.3 Å². The lowest BCUT2D eigenvalue weighted by Crippen LogP contribution is -2.40. The van der Waals surface area contributed by atoms with E-state index in [1.165, 1.54) is 18.4 Å². The van der Waals surface area contributed by atoms with Crippen molar-refractivity contribution in [3.8, 4) is 0 Å². The van der Waals surface area contributed by atoms with E-state index < -0.39 is 0 Å². The molecule has 0 radical (unpaired) electrons. The second-order valence-corrected chi connectivity index (χ2v) is 4.72. The molecule has 1 aliphatic rings. The summed E-state index contributed by atoms with van der Waals surface area (Å²) in [6, 6.07) is 10.6. The van der Waals surface area contributed by atoms with Crippen molar-refractivity contribution in [3.05, 3.63) is 35.9 Å². The molecule has 2 atom stereocenters. The molecule has 2 rings (SSSR count). The van der Waals surface area contributed by atoms with Crippen LogP contribution in [-0.4, -0.2) is 0 Å². The second-order valence-electron chi connectivity index (χ2n) is 4.72. The van der Waals surface area contributed by atoms with E-state index in [0.717, 1.165) is 18.8 Å². The van der Waals surface area contributed by atoms with Crippen LogP contribution in [0.25, 0.3) is 0 Å². The Hall–Kier alpha value is -0.820. The van der Waals surface area contributed by atoms with Gasteiger partial charge >= 0.3 is 0 Å². The third-order valence-corrected chi connectivity index (χ3v) is 3.38. The van der Waals surface area contributed by atoms with Crippen LogP contribution in [0.3, 0.4) is 0 Å². The molecule has 0 heterocycles. The van der Waals surface area contributed by atoms with E-state index in [1.807, 2.05) is 0 Å². The Morgan fingerprint density at radius 2 is 2.00 bits per heavy atom. The predicted molar refractivity (Wildman–Crippen MR) is 59.9 cm³/mol. The van der Waals surface area contributed by atoms with Crippen molar-refractivity contribution < 1.29 is 0 Å².